The molecule has 0 aliphatic heterocycles. The van der Waals surface area contributed by atoms with Crippen LogP contribution < -0.4 is 14.8 Å². The van der Waals surface area contributed by atoms with Gasteiger partial charge in [0.05, 0.1) is 19.8 Å². The topological polar surface area (TPSA) is 156 Å². The van der Waals surface area contributed by atoms with Gasteiger partial charge in [-0.15, -0.1) is 0 Å². The smallest absolute Gasteiger partial charge is 0.477 e. The van der Waals surface area contributed by atoms with Gasteiger partial charge in [0.2, 0.25) is 0 Å². The Balaban J connectivity index is 3.41. The first-order chi connectivity index (χ1) is 19.4. The zero-order valence-corrected chi connectivity index (χ0v) is 26.3. The van der Waals surface area contributed by atoms with E-state index in [1.54, 1.807) is 6.92 Å². The molecule has 0 fully saturated rings. The van der Waals surface area contributed by atoms with Gasteiger partial charge in [0.25, 0.3) is 5.72 Å². The molecular weight excluding hydrogens is 550 g/mol. The molecule has 0 saturated heterocycles. The third-order valence-electron chi connectivity index (χ3n) is 5.51. The van der Waals surface area contributed by atoms with E-state index in [1.165, 1.54) is 18.2 Å². The van der Waals surface area contributed by atoms with Gasteiger partial charge in [-0.2, -0.15) is 0 Å². The lowest BCUT2D eigenvalue weighted by atomic mass is 9.99. The van der Waals surface area contributed by atoms with Crippen molar-refractivity contribution in [3.8, 4) is 11.5 Å². The van der Waals surface area contributed by atoms with Gasteiger partial charge in [-0.25, -0.2) is 19.2 Å². The molecule has 0 aliphatic carbocycles. The number of rotatable bonds is 14. The van der Waals surface area contributed by atoms with Gasteiger partial charge in [-0.05, 0) is 48.3 Å². The summed E-state index contributed by atoms with van der Waals surface area (Å²) < 4.78 is 31.4. The number of benzene rings is 1. The quantitative estimate of drug-likeness (QED) is 0.0793. The van der Waals surface area contributed by atoms with Crippen LogP contribution in [-0.2, 0) is 30.2 Å². The highest BCUT2D eigenvalue weighted by Crippen LogP contribution is 2.32. The zero-order chi connectivity index (χ0) is 32.1. The van der Waals surface area contributed by atoms with Gasteiger partial charge in [-0.3, -0.25) is 5.32 Å². The van der Waals surface area contributed by atoms with Crippen LogP contribution in [-0.4, -0.2) is 61.1 Å². The fourth-order valence-corrected chi connectivity index (χ4v) is 3.17. The molecule has 2 N–H and O–H groups in total. The number of aliphatic carboxylic acids is 1. The first-order valence-corrected chi connectivity index (χ1v) is 14.1. The number of unbranched alkanes of at least 4 members (excludes halogenated alkanes) is 1. The highest BCUT2D eigenvalue weighted by molar-refractivity contribution is 5.80. The van der Waals surface area contributed by atoms with Crippen molar-refractivity contribution in [2.45, 2.75) is 99.8 Å². The van der Waals surface area contributed by atoms with E-state index in [4.69, 9.17) is 28.4 Å². The zero-order valence-electron chi connectivity index (χ0n) is 26.3. The Morgan fingerprint density at radius 1 is 0.833 bits per heavy atom. The van der Waals surface area contributed by atoms with E-state index in [2.05, 4.69) is 5.32 Å². The summed E-state index contributed by atoms with van der Waals surface area (Å²) in [6, 6.07) is 3.69. The molecule has 1 rings (SSSR count). The molecule has 42 heavy (non-hydrogen) atoms. The standard InChI is InChI=1S/C30H47NO11/c1-10-12-15-37-27(36)42-30(24(32)33,31-20(3)11-2)17-21-13-14-22(40-25(34)38-18-28(4,5)6)23(16-21)41-26(35)39-19-29(7,8)9/h13-14,16,20,31H,10-12,15,17-19H2,1-9H3,(H,32,33)/t20?,30-/m0/s1. The van der Waals surface area contributed by atoms with E-state index in [-0.39, 0.29) is 53.8 Å². The predicted octanol–water partition coefficient (Wildman–Crippen LogP) is 6.47. The van der Waals surface area contributed by atoms with Gasteiger partial charge in [0.15, 0.2) is 11.5 Å². The molecular formula is C30H47NO11. The average Bonchev–Trinajstić information content (AvgIpc) is 2.87. The van der Waals surface area contributed by atoms with E-state index in [1.807, 2.05) is 55.4 Å². The minimum absolute atomic E-state index is 0.0459. The van der Waals surface area contributed by atoms with Crippen molar-refractivity contribution in [2.24, 2.45) is 10.8 Å². The second-order valence-electron chi connectivity index (χ2n) is 12.5. The third-order valence-corrected chi connectivity index (χ3v) is 5.51. The number of ether oxygens (including phenoxy) is 6. The number of nitrogens with one attached hydrogen (secondary N) is 1. The average molecular weight is 598 g/mol. The number of carbonyl (C=O) groups excluding carboxylic acids is 3. The van der Waals surface area contributed by atoms with Crippen LogP contribution in [0.25, 0.3) is 0 Å². The Kier molecular flexibility index (Phi) is 14.1. The maximum Gasteiger partial charge on any atom is 0.513 e. The predicted molar refractivity (Wildman–Crippen MR) is 154 cm³/mol. The molecule has 0 aromatic heterocycles. The lowest BCUT2D eigenvalue weighted by Gasteiger charge is -2.32. The normalized spacial score (nSPS) is 13.7. The van der Waals surface area contributed by atoms with E-state index >= 15 is 0 Å². The molecule has 238 valence electrons. The van der Waals surface area contributed by atoms with E-state index in [0.29, 0.717) is 12.8 Å². The Hall–Kier alpha value is -3.54. The van der Waals surface area contributed by atoms with Crippen LogP contribution in [0.2, 0.25) is 0 Å². The highest BCUT2D eigenvalue weighted by atomic mass is 16.8. The van der Waals surface area contributed by atoms with Crippen LogP contribution >= 0.6 is 0 Å². The summed E-state index contributed by atoms with van der Waals surface area (Å²) in [4.78, 5) is 49.9. The Labute approximate surface area is 248 Å². The van der Waals surface area contributed by atoms with E-state index < -0.39 is 36.6 Å². The van der Waals surface area contributed by atoms with Crippen molar-refractivity contribution >= 4 is 24.4 Å². The molecule has 1 aromatic rings. The first kappa shape index (κ1) is 36.5. The highest BCUT2D eigenvalue weighted by Gasteiger charge is 2.45. The van der Waals surface area contributed by atoms with Crippen LogP contribution in [0.1, 0.15) is 87.1 Å². The summed E-state index contributed by atoms with van der Waals surface area (Å²) in [5.41, 5.74) is -2.62. The molecule has 0 heterocycles. The largest absolute Gasteiger partial charge is 0.513 e. The van der Waals surface area contributed by atoms with Crippen LogP contribution in [0.4, 0.5) is 14.4 Å². The molecule has 0 amide bonds. The molecule has 0 bridgehead atoms. The van der Waals surface area contributed by atoms with Crippen molar-refractivity contribution in [1.82, 2.24) is 5.32 Å². The van der Waals surface area contributed by atoms with Crippen LogP contribution in [0, 0.1) is 10.8 Å². The number of carboxylic acids is 1. The molecule has 1 unspecified atom stereocenters. The summed E-state index contributed by atoms with van der Waals surface area (Å²) in [7, 11) is 0. The molecule has 0 saturated carbocycles. The summed E-state index contributed by atoms with van der Waals surface area (Å²) in [6.07, 6.45) is -1.75. The molecule has 2 atom stereocenters. The number of hydrogen-bond acceptors (Lipinski definition) is 11. The summed E-state index contributed by atoms with van der Waals surface area (Å²) in [6.45, 7) is 16.9. The van der Waals surface area contributed by atoms with Gasteiger partial charge in [0.1, 0.15) is 0 Å². The van der Waals surface area contributed by atoms with E-state index in [9.17, 15) is 24.3 Å². The van der Waals surface area contributed by atoms with Gasteiger partial charge in [0, 0.05) is 12.5 Å². The van der Waals surface area contributed by atoms with Gasteiger partial charge in [-0.1, -0.05) is 67.9 Å². The number of carbonyl (C=O) groups is 4. The van der Waals surface area contributed by atoms with Gasteiger partial charge >= 0.3 is 24.4 Å². The van der Waals surface area contributed by atoms with Crippen LogP contribution in [0.15, 0.2) is 18.2 Å². The minimum Gasteiger partial charge on any atom is -0.477 e. The monoisotopic (exact) mass is 597 g/mol. The first-order valence-electron chi connectivity index (χ1n) is 14.1. The van der Waals surface area contributed by atoms with Crippen molar-refractivity contribution < 1.29 is 52.7 Å². The second-order valence-corrected chi connectivity index (χ2v) is 12.5. The van der Waals surface area contributed by atoms with Crippen molar-refractivity contribution in [3.05, 3.63) is 23.8 Å². The molecule has 12 heteroatoms. The Morgan fingerprint density at radius 3 is 1.86 bits per heavy atom. The van der Waals surface area contributed by atoms with Crippen LogP contribution in [0.3, 0.4) is 0 Å². The molecule has 0 radical (unpaired) electrons. The number of hydrogen-bond donors (Lipinski definition) is 2. The van der Waals surface area contributed by atoms with Crippen molar-refractivity contribution in [1.29, 1.82) is 0 Å². The Bertz CT molecular complexity index is 1060. The lowest BCUT2D eigenvalue weighted by Crippen LogP contribution is -2.59. The summed E-state index contributed by atoms with van der Waals surface area (Å²) in [5, 5.41) is 13.1. The Morgan fingerprint density at radius 2 is 1.38 bits per heavy atom. The van der Waals surface area contributed by atoms with Gasteiger partial charge < -0.3 is 33.5 Å². The summed E-state index contributed by atoms with van der Waals surface area (Å²) >= 11 is 0. The molecule has 0 spiro atoms. The van der Waals surface area contributed by atoms with Crippen molar-refractivity contribution in [2.75, 3.05) is 19.8 Å². The van der Waals surface area contributed by atoms with Crippen LogP contribution in [0.5, 0.6) is 11.5 Å². The fraction of sp³-hybridized carbons (Fsp3) is 0.667. The molecule has 1 aromatic carbocycles. The fourth-order valence-electron chi connectivity index (χ4n) is 3.17. The maximum atomic E-state index is 12.6. The molecule has 0 aliphatic rings. The minimum atomic E-state index is -2.23. The van der Waals surface area contributed by atoms with Crippen molar-refractivity contribution in [3.63, 3.8) is 0 Å². The maximum absolute atomic E-state index is 12.6. The SMILES string of the molecule is CCCCOC(=O)O[C@](Cc1ccc(OC(=O)OCC(C)(C)C)c(OC(=O)OCC(C)(C)C)c1)(NC(C)CC)C(=O)O. The lowest BCUT2D eigenvalue weighted by molar-refractivity contribution is -0.167. The third kappa shape index (κ3) is 13.9. The number of carboxylic acid groups (broad SMARTS) is 1. The second kappa shape index (κ2) is 16.2. The summed E-state index contributed by atoms with van der Waals surface area (Å²) in [5.74, 6) is -1.86. The molecule has 12 nitrogen and oxygen atoms in total. The van der Waals surface area contributed by atoms with E-state index in [0.717, 1.165) is 6.42 Å².